The number of carboxylic acid groups (broad SMARTS) is 1. The highest BCUT2D eigenvalue weighted by atomic mass is 79.9. The van der Waals surface area contributed by atoms with Gasteiger partial charge in [-0.2, -0.15) is 0 Å². The number of hydrogen-bond donors (Lipinski definition) is 2. The van der Waals surface area contributed by atoms with Gasteiger partial charge in [-0.3, -0.25) is 9.59 Å². The summed E-state index contributed by atoms with van der Waals surface area (Å²) in [5.74, 6) is -0.994. The van der Waals surface area contributed by atoms with Gasteiger partial charge in [0.15, 0.2) is 0 Å². The summed E-state index contributed by atoms with van der Waals surface area (Å²) in [5.41, 5.74) is 1.08. The van der Waals surface area contributed by atoms with Crippen molar-refractivity contribution in [3.05, 3.63) is 20.8 Å². The van der Waals surface area contributed by atoms with E-state index < -0.39 is 5.97 Å². The van der Waals surface area contributed by atoms with Crippen molar-refractivity contribution in [3.8, 4) is 0 Å². The zero-order chi connectivity index (χ0) is 13.8. The average molecular weight is 346 g/mol. The van der Waals surface area contributed by atoms with Gasteiger partial charge in [-0.05, 0) is 58.6 Å². The van der Waals surface area contributed by atoms with Crippen molar-refractivity contribution < 1.29 is 14.7 Å². The van der Waals surface area contributed by atoms with Crippen LogP contribution in [0.3, 0.4) is 0 Å². The van der Waals surface area contributed by atoms with Crippen molar-refractivity contribution in [3.63, 3.8) is 0 Å². The van der Waals surface area contributed by atoms with Crippen molar-refractivity contribution in [2.24, 2.45) is 11.8 Å². The number of thiophene rings is 1. The Morgan fingerprint density at radius 3 is 2.47 bits per heavy atom. The number of halogens is 1. The highest BCUT2D eigenvalue weighted by Crippen LogP contribution is 2.29. The molecule has 0 atom stereocenters. The highest BCUT2D eigenvalue weighted by Gasteiger charge is 2.29. The molecule has 19 heavy (non-hydrogen) atoms. The van der Waals surface area contributed by atoms with Crippen LogP contribution < -0.4 is 5.32 Å². The van der Waals surface area contributed by atoms with Crippen LogP contribution in [0.4, 0.5) is 0 Å². The van der Waals surface area contributed by atoms with E-state index in [0.29, 0.717) is 32.2 Å². The SMILES string of the molecule is O=C(O)C1CCC(C(=O)NCc2ccsc2Br)CC1. The molecule has 2 rings (SSSR count). The van der Waals surface area contributed by atoms with E-state index in [-0.39, 0.29) is 17.7 Å². The van der Waals surface area contributed by atoms with Crippen LogP contribution in [-0.2, 0) is 16.1 Å². The first-order valence-electron chi connectivity index (χ1n) is 6.30. The van der Waals surface area contributed by atoms with Gasteiger partial charge < -0.3 is 10.4 Å². The van der Waals surface area contributed by atoms with Crippen molar-refractivity contribution in [1.82, 2.24) is 5.32 Å². The van der Waals surface area contributed by atoms with E-state index in [1.54, 1.807) is 11.3 Å². The molecule has 0 spiro atoms. The van der Waals surface area contributed by atoms with Crippen LogP contribution in [0.25, 0.3) is 0 Å². The standard InChI is InChI=1S/C13H16BrNO3S/c14-11-10(5-6-19-11)7-15-12(16)8-1-3-9(4-2-8)13(17)18/h5-6,8-9H,1-4,7H2,(H,15,16)(H,17,18). The molecule has 1 fully saturated rings. The number of rotatable bonds is 4. The predicted molar refractivity (Wildman–Crippen MR) is 76.9 cm³/mol. The van der Waals surface area contributed by atoms with Crippen molar-refractivity contribution in [2.45, 2.75) is 32.2 Å². The zero-order valence-corrected chi connectivity index (χ0v) is 12.8. The van der Waals surface area contributed by atoms with Gasteiger partial charge in [-0.25, -0.2) is 0 Å². The average Bonchev–Trinajstić information content (AvgIpc) is 2.81. The van der Waals surface area contributed by atoms with E-state index in [0.717, 1.165) is 9.35 Å². The minimum Gasteiger partial charge on any atom is -0.481 e. The summed E-state index contributed by atoms with van der Waals surface area (Å²) >= 11 is 5.03. The van der Waals surface area contributed by atoms with Gasteiger partial charge in [0.2, 0.25) is 5.91 Å². The maximum atomic E-state index is 12.0. The van der Waals surface area contributed by atoms with Gasteiger partial charge in [0.1, 0.15) is 0 Å². The van der Waals surface area contributed by atoms with Crippen molar-refractivity contribution in [2.75, 3.05) is 0 Å². The van der Waals surface area contributed by atoms with Crippen molar-refractivity contribution >= 4 is 39.1 Å². The Kier molecular flexibility index (Phi) is 4.99. The molecule has 1 saturated carbocycles. The summed E-state index contributed by atoms with van der Waals surface area (Å²) in [5, 5.41) is 13.8. The minimum absolute atomic E-state index is 0.0342. The lowest BCUT2D eigenvalue weighted by molar-refractivity contribution is -0.144. The second-order valence-corrected chi connectivity index (χ2v) is 7.06. The maximum Gasteiger partial charge on any atom is 0.306 e. The van der Waals surface area contributed by atoms with Gasteiger partial charge in [-0.1, -0.05) is 0 Å². The molecule has 0 radical (unpaired) electrons. The van der Waals surface area contributed by atoms with Crippen LogP contribution in [-0.4, -0.2) is 17.0 Å². The maximum absolute atomic E-state index is 12.0. The summed E-state index contributed by atoms with van der Waals surface area (Å²) in [7, 11) is 0. The lowest BCUT2D eigenvalue weighted by Gasteiger charge is -2.25. The fourth-order valence-corrected chi connectivity index (χ4v) is 3.61. The molecule has 4 nitrogen and oxygen atoms in total. The van der Waals surface area contributed by atoms with Gasteiger partial charge >= 0.3 is 5.97 Å². The number of amides is 1. The molecule has 1 aromatic heterocycles. The highest BCUT2D eigenvalue weighted by molar-refractivity contribution is 9.11. The van der Waals surface area contributed by atoms with E-state index in [4.69, 9.17) is 5.11 Å². The van der Waals surface area contributed by atoms with Gasteiger partial charge in [0, 0.05) is 12.5 Å². The molecule has 104 valence electrons. The van der Waals surface area contributed by atoms with E-state index in [1.807, 2.05) is 11.4 Å². The number of nitrogens with one attached hydrogen (secondary N) is 1. The monoisotopic (exact) mass is 345 g/mol. The number of aliphatic carboxylic acids is 1. The Morgan fingerprint density at radius 1 is 1.32 bits per heavy atom. The smallest absolute Gasteiger partial charge is 0.306 e. The molecule has 1 heterocycles. The van der Waals surface area contributed by atoms with Crippen LogP contribution in [0.2, 0.25) is 0 Å². The molecular weight excluding hydrogens is 330 g/mol. The van der Waals surface area contributed by atoms with E-state index in [9.17, 15) is 9.59 Å². The molecular formula is C13H16BrNO3S. The van der Waals surface area contributed by atoms with Crippen LogP contribution in [0.5, 0.6) is 0 Å². The first-order chi connectivity index (χ1) is 9.08. The fourth-order valence-electron chi connectivity index (χ4n) is 2.37. The van der Waals surface area contributed by atoms with Gasteiger partial charge in [-0.15, -0.1) is 11.3 Å². The topological polar surface area (TPSA) is 66.4 Å². The van der Waals surface area contributed by atoms with Crippen LogP contribution >= 0.6 is 27.3 Å². The third-order valence-corrected chi connectivity index (χ3v) is 5.40. The molecule has 2 N–H and O–H groups in total. The molecule has 0 aromatic carbocycles. The molecule has 0 bridgehead atoms. The van der Waals surface area contributed by atoms with Crippen molar-refractivity contribution in [1.29, 1.82) is 0 Å². The Bertz CT molecular complexity index is 466. The quantitative estimate of drug-likeness (QED) is 0.881. The van der Waals surface area contributed by atoms with Gasteiger partial charge in [0.25, 0.3) is 0 Å². The first kappa shape index (κ1) is 14.5. The van der Waals surface area contributed by atoms with Crippen LogP contribution in [0.15, 0.2) is 15.2 Å². The van der Waals surface area contributed by atoms with Crippen LogP contribution in [0, 0.1) is 11.8 Å². The lowest BCUT2D eigenvalue weighted by atomic mass is 9.81. The Balaban J connectivity index is 1.79. The summed E-state index contributed by atoms with van der Waals surface area (Å²) in [6.45, 7) is 0.530. The zero-order valence-electron chi connectivity index (χ0n) is 10.4. The molecule has 1 amide bonds. The Morgan fingerprint density at radius 2 is 1.95 bits per heavy atom. The molecule has 6 heteroatoms. The molecule has 0 unspecified atom stereocenters. The Hall–Kier alpha value is -0.880. The summed E-state index contributed by atoms with van der Waals surface area (Å²) < 4.78 is 1.04. The Labute approximate surface area is 124 Å². The third-order valence-electron chi connectivity index (χ3n) is 3.59. The number of hydrogen-bond acceptors (Lipinski definition) is 3. The largest absolute Gasteiger partial charge is 0.481 e. The number of carbonyl (C=O) groups is 2. The molecule has 0 aliphatic heterocycles. The predicted octanol–water partition coefficient (Wildman–Crippen LogP) is 3.02. The van der Waals surface area contributed by atoms with E-state index >= 15 is 0 Å². The third kappa shape index (κ3) is 3.79. The summed E-state index contributed by atoms with van der Waals surface area (Å²) in [6.07, 6.45) is 2.56. The second kappa shape index (κ2) is 6.52. The van der Waals surface area contributed by atoms with E-state index in [2.05, 4.69) is 21.2 Å². The van der Waals surface area contributed by atoms with Gasteiger partial charge in [0.05, 0.1) is 9.70 Å². The molecule has 1 aromatic rings. The molecule has 0 saturated heterocycles. The number of carboxylic acids is 1. The fraction of sp³-hybridized carbons (Fsp3) is 0.538. The van der Waals surface area contributed by atoms with Crippen LogP contribution in [0.1, 0.15) is 31.2 Å². The first-order valence-corrected chi connectivity index (χ1v) is 7.97. The van der Waals surface area contributed by atoms with E-state index in [1.165, 1.54) is 0 Å². The molecule has 1 aliphatic carbocycles. The minimum atomic E-state index is -0.735. The lowest BCUT2D eigenvalue weighted by Crippen LogP contribution is -2.34. The number of carbonyl (C=O) groups excluding carboxylic acids is 1. The normalized spacial score (nSPS) is 23.0. The molecule has 1 aliphatic rings. The second-order valence-electron chi connectivity index (χ2n) is 4.82. The summed E-state index contributed by atoms with van der Waals surface area (Å²) in [4.78, 5) is 22.9. The summed E-state index contributed by atoms with van der Waals surface area (Å²) in [6, 6.07) is 1.98.